The van der Waals surface area contributed by atoms with Crippen LogP contribution in [0.25, 0.3) is 0 Å². The fraction of sp³-hybridized carbons (Fsp3) is 0.510. The smallest absolute Gasteiger partial charge is 0.227 e. The maximum Gasteiger partial charge on any atom is 0.227 e. The third-order valence-corrected chi connectivity index (χ3v) is 13.7. The van der Waals surface area contributed by atoms with Gasteiger partial charge in [-0.15, -0.1) is 0 Å². The van der Waals surface area contributed by atoms with Gasteiger partial charge in [-0.25, -0.2) is 13.8 Å². The van der Waals surface area contributed by atoms with Crippen molar-refractivity contribution in [3.63, 3.8) is 0 Å². The normalized spacial score (nSPS) is 19.6. The summed E-state index contributed by atoms with van der Waals surface area (Å²) in [6, 6.07) is 30.6. The topological polar surface area (TPSA) is 84.9 Å². The van der Waals surface area contributed by atoms with E-state index in [2.05, 4.69) is 85.2 Å². The van der Waals surface area contributed by atoms with E-state index in [1.54, 1.807) is 21.9 Å². The lowest BCUT2D eigenvalue weighted by Crippen LogP contribution is -2.63. The van der Waals surface area contributed by atoms with Crippen LogP contribution in [0.2, 0.25) is 0 Å². The van der Waals surface area contributed by atoms with Gasteiger partial charge in [0.1, 0.15) is 17.5 Å². The number of amides is 2. The van der Waals surface area contributed by atoms with E-state index in [4.69, 9.17) is 9.47 Å². The molecule has 5 heterocycles. The summed E-state index contributed by atoms with van der Waals surface area (Å²) < 4.78 is 38.8. The van der Waals surface area contributed by atoms with E-state index < -0.39 is 5.82 Å². The second-order valence-corrected chi connectivity index (χ2v) is 17.7. The minimum atomic E-state index is -0.395. The molecule has 0 radical (unpaired) electrons. The lowest BCUT2D eigenvalue weighted by molar-refractivity contribution is -0.120. The van der Waals surface area contributed by atoms with Gasteiger partial charge >= 0.3 is 0 Å². The molecule has 4 aromatic rings. The van der Waals surface area contributed by atoms with Crippen LogP contribution in [0.15, 0.2) is 103 Å². The van der Waals surface area contributed by atoms with E-state index in [-0.39, 0.29) is 28.7 Å². The van der Waals surface area contributed by atoms with Gasteiger partial charge in [0.05, 0.1) is 6.20 Å². The fourth-order valence-corrected chi connectivity index (χ4v) is 9.86. The lowest BCUT2D eigenvalue weighted by Gasteiger charge is -2.51. The highest BCUT2D eigenvalue weighted by molar-refractivity contribution is 5.93. The minimum Gasteiger partial charge on any atom is -0.381 e. The highest BCUT2D eigenvalue weighted by Gasteiger charge is 2.44. The van der Waals surface area contributed by atoms with E-state index in [9.17, 15) is 18.4 Å². The van der Waals surface area contributed by atoms with Gasteiger partial charge in [-0.2, -0.15) is 0 Å². The van der Waals surface area contributed by atoms with Crippen LogP contribution in [0.4, 0.5) is 20.3 Å². The predicted octanol–water partition coefficient (Wildman–Crippen LogP) is 7.27. The zero-order valence-corrected chi connectivity index (χ0v) is 37.9. The third kappa shape index (κ3) is 12.4. The minimum absolute atomic E-state index is 0.0117. The molecule has 3 aromatic carbocycles. The van der Waals surface area contributed by atoms with Crippen molar-refractivity contribution in [3.8, 4) is 0 Å². The number of benzene rings is 3. The number of pyridine rings is 1. The Morgan fingerprint density at radius 3 is 1.48 bits per heavy atom. The number of aromatic nitrogens is 1. The van der Waals surface area contributed by atoms with Gasteiger partial charge in [-0.1, -0.05) is 80.6 Å². The molecule has 0 bridgehead atoms. The summed E-state index contributed by atoms with van der Waals surface area (Å²) in [5.41, 5.74) is 3.02. The van der Waals surface area contributed by atoms with Crippen LogP contribution >= 0.6 is 0 Å². The number of hydrogen-bond acceptors (Lipinski definition) is 9. The maximum absolute atomic E-state index is 14.0. The third-order valence-electron chi connectivity index (χ3n) is 13.7. The first-order valence-electron chi connectivity index (χ1n) is 23.4. The average Bonchev–Trinajstić information content (AvgIpc) is 3.34. The molecule has 4 fully saturated rings. The molecule has 4 saturated heterocycles. The fourth-order valence-electron chi connectivity index (χ4n) is 9.86. The Labute approximate surface area is 378 Å². The number of nitrogens with zero attached hydrogens (tertiary/aromatic N) is 7. The molecule has 0 atom stereocenters. The van der Waals surface area contributed by atoms with Crippen molar-refractivity contribution in [3.05, 3.63) is 126 Å². The van der Waals surface area contributed by atoms with Gasteiger partial charge in [0.15, 0.2) is 0 Å². The van der Waals surface area contributed by atoms with Gasteiger partial charge in [-0.3, -0.25) is 34.1 Å². The quantitative estimate of drug-likeness (QED) is 0.130. The Bertz CT molecular complexity index is 2040. The molecule has 344 valence electrons. The highest BCUT2D eigenvalue weighted by atomic mass is 19.1. The van der Waals surface area contributed by atoms with E-state index in [0.717, 1.165) is 91.1 Å². The molecular formula is C51H67F2N7O4. The first-order chi connectivity index (χ1) is 31.2. The molecule has 0 aliphatic carbocycles. The number of halogens is 2. The summed E-state index contributed by atoms with van der Waals surface area (Å²) in [6.45, 7) is 17.4. The molecule has 0 saturated carbocycles. The highest BCUT2D eigenvalue weighted by Crippen LogP contribution is 2.34. The summed E-state index contributed by atoms with van der Waals surface area (Å²) in [5.74, 6) is -0.145. The van der Waals surface area contributed by atoms with Crippen molar-refractivity contribution in [2.24, 2.45) is 0 Å². The Balaban J connectivity index is 0.000000191. The van der Waals surface area contributed by atoms with Gasteiger partial charge < -0.3 is 14.4 Å². The lowest BCUT2D eigenvalue weighted by atomic mass is 9.86. The Morgan fingerprint density at radius 2 is 1.05 bits per heavy atom. The Morgan fingerprint density at radius 1 is 0.578 bits per heavy atom. The zero-order valence-electron chi connectivity index (χ0n) is 37.9. The van der Waals surface area contributed by atoms with Gasteiger partial charge in [0, 0.05) is 135 Å². The van der Waals surface area contributed by atoms with Crippen LogP contribution < -0.4 is 9.80 Å². The molecule has 11 nitrogen and oxygen atoms in total. The van der Waals surface area contributed by atoms with E-state index in [1.165, 1.54) is 35.5 Å². The molecule has 4 aliphatic rings. The molecule has 64 heavy (non-hydrogen) atoms. The van der Waals surface area contributed by atoms with E-state index in [0.29, 0.717) is 63.9 Å². The van der Waals surface area contributed by atoms with Crippen molar-refractivity contribution in [2.45, 2.75) is 76.5 Å². The largest absolute Gasteiger partial charge is 0.381 e. The van der Waals surface area contributed by atoms with Crippen LogP contribution in [-0.2, 0) is 32.2 Å². The number of carbonyl (C=O) groups excluding carboxylic acids is 2. The maximum atomic E-state index is 14.0. The van der Waals surface area contributed by atoms with Crippen LogP contribution in [0.3, 0.4) is 0 Å². The Kier molecular flexibility index (Phi) is 17.0. The number of rotatable bonds is 14. The van der Waals surface area contributed by atoms with Crippen molar-refractivity contribution in [1.29, 1.82) is 0 Å². The van der Waals surface area contributed by atoms with Crippen molar-refractivity contribution in [2.75, 3.05) is 102 Å². The summed E-state index contributed by atoms with van der Waals surface area (Å²) in [4.78, 5) is 43.7. The molecule has 0 N–H and O–H groups in total. The number of anilines is 2. The van der Waals surface area contributed by atoms with E-state index in [1.807, 2.05) is 19.9 Å². The monoisotopic (exact) mass is 880 g/mol. The van der Waals surface area contributed by atoms with Crippen LogP contribution in [-0.4, -0.2) is 139 Å². The molecule has 0 unspecified atom stereocenters. The Hall–Kier alpha value is -4.63. The standard InChI is InChI=1S/C26H34FN3O2.C25H33FN4O2/c1-2-25(31)30(24-10-6-9-23(27)19-24)21-26(11-17-32-18-12-26)29-15-13-28(14-16-29)20-22-7-4-3-5-8-22;1-2-24(31)30(23-9-8-22(26)18-27-23)20-25(10-16-32-17-11-25)29-14-12-28(13-15-29)19-21-6-4-3-5-7-21/h3-10,19H,2,11-18,20-21H2,1H3;3-9,18H,2,10-17,19-20H2,1H3. The number of piperazine rings is 2. The first-order valence-corrected chi connectivity index (χ1v) is 23.4. The van der Waals surface area contributed by atoms with Gasteiger partial charge in [-0.05, 0) is 67.1 Å². The van der Waals surface area contributed by atoms with Crippen LogP contribution in [0.1, 0.15) is 63.5 Å². The molecule has 8 rings (SSSR count). The number of ether oxygens (including phenoxy) is 2. The SMILES string of the molecule is CCC(=O)N(CC1(N2CCN(Cc3ccccc3)CC2)CCOCC1)c1ccc(F)cn1.CCC(=O)N(CC1(N2CCN(Cc3ccccc3)CC2)CCOCC1)c1cccc(F)c1. The summed E-state index contributed by atoms with van der Waals surface area (Å²) in [6.07, 6.45) is 5.48. The molecule has 1 aromatic heterocycles. The molecule has 2 amide bonds. The molecule has 0 spiro atoms. The second kappa shape index (κ2) is 23.0. The predicted molar refractivity (Wildman–Crippen MR) is 248 cm³/mol. The average molecular weight is 880 g/mol. The first kappa shape index (κ1) is 47.3. The van der Waals surface area contributed by atoms with Crippen LogP contribution in [0.5, 0.6) is 0 Å². The molecular weight excluding hydrogens is 813 g/mol. The van der Waals surface area contributed by atoms with Gasteiger partial charge in [0.25, 0.3) is 0 Å². The second-order valence-electron chi connectivity index (χ2n) is 17.7. The van der Waals surface area contributed by atoms with E-state index >= 15 is 0 Å². The number of hydrogen-bond donors (Lipinski definition) is 0. The van der Waals surface area contributed by atoms with Crippen LogP contribution in [0, 0.1) is 11.6 Å². The summed E-state index contributed by atoms with van der Waals surface area (Å²) >= 11 is 0. The van der Waals surface area contributed by atoms with Gasteiger partial charge in [0.2, 0.25) is 11.8 Å². The van der Waals surface area contributed by atoms with Crippen molar-refractivity contribution in [1.82, 2.24) is 24.6 Å². The summed E-state index contributed by atoms with van der Waals surface area (Å²) in [5, 5.41) is 0. The molecule has 13 heteroatoms. The molecule has 4 aliphatic heterocycles. The van der Waals surface area contributed by atoms with Crippen molar-refractivity contribution < 1.29 is 27.8 Å². The van der Waals surface area contributed by atoms with Crippen molar-refractivity contribution >= 4 is 23.3 Å². The summed E-state index contributed by atoms with van der Waals surface area (Å²) in [7, 11) is 0. The number of carbonyl (C=O) groups is 2. The zero-order chi connectivity index (χ0) is 44.8.